The summed E-state index contributed by atoms with van der Waals surface area (Å²) in [6.07, 6.45) is 3.25. The normalized spacial score (nSPS) is 17.4. The lowest BCUT2D eigenvalue weighted by molar-refractivity contribution is -0.385. The van der Waals surface area contributed by atoms with E-state index in [4.69, 9.17) is 0 Å². The zero-order valence-corrected chi connectivity index (χ0v) is 11.9. The first-order valence-electron chi connectivity index (χ1n) is 7.13. The molecule has 0 amide bonds. The second-order valence-corrected chi connectivity index (χ2v) is 5.13. The van der Waals surface area contributed by atoms with E-state index in [1.165, 1.54) is 18.2 Å². The van der Waals surface area contributed by atoms with Gasteiger partial charge in [0.1, 0.15) is 5.82 Å². The van der Waals surface area contributed by atoms with Gasteiger partial charge in [0.25, 0.3) is 5.69 Å². The van der Waals surface area contributed by atoms with Crippen molar-refractivity contribution in [2.75, 3.05) is 26.2 Å². The van der Waals surface area contributed by atoms with Crippen molar-refractivity contribution in [2.24, 2.45) is 0 Å². The van der Waals surface area contributed by atoms with Crippen LogP contribution >= 0.6 is 0 Å². The molecule has 1 fully saturated rings. The van der Waals surface area contributed by atoms with Crippen LogP contribution in [0.4, 0.5) is 10.1 Å². The first kappa shape index (κ1) is 15.6. The van der Waals surface area contributed by atoms with E-state index < -0.39 is 4.92 Å². The van der Waals surface area contributed by atoms with Crippen LogP contribution in [-0.4, -0.2) is 36.0 Å². The Morgan fingerprint density at radius 1 is 1.48 bits per heavy atom. The molecule has 0 aliphatic carbocycles. The molecule has 2 rings (SSSR count). The van der Waals surface area contributed by atoms with Gasteiger partial charge in [0.15, 0.2) is 0 Å². The fourth-order valence-electron chi connectivity index (χ4n) is 2.70. The number of non-ortho nitro benzene ring substituents is 1. The molecular weight excluding hydrogens is 273 g/mol. The lowest BCUT2D eigenvalue weighted by atomic mass is 9.98. The number of allylic oxidation sites excluding steroid dienone is 1. The van der Waals surface area contributed by atoms with Gasteiger partial charge in [-0.1, -0.05) is 6.08 Å². The SMILES string of the molecule is C=CCC[C@@H](c1cc([N+](=O)[O-])ccc1F)N1CCNCC1. The van der Waals surface area contributed by atoms with E-state index in [2.05, 4.69) is 16.8 Å². The van der Waals surface area contributed by atoms with Gasteiger partial charge in [-0.05, 0) is 18.9 Å². The smallest absolute Gasteiger partial charge is 0.269 e. The quantitative estimate of drug-likeness (QED) is 0.497. The summed E-state index contributed by atoms with van der Waals surface area (Å²) >= 11 is 0. The molecule has 0 saturated carbocycles. The third-order valence-electron chi connectivity index (χ3n) is 3.79. The molecule has 21 heavy (non-hydrogen) atoms. The van der Waals surface area contributed by atoms with Crippen LogP contribution in [0.15, 0.2) is 30.9 Å². The van der Waals surface area contributed by atoms with Crippen molar-refractivity contribution in [2.45, 2.75) is 18.9 Å². The fraction of sp³-hybridized carbons (Fsp3) is 0.467. The average molecular weight is 293 g/mol. The van der Waals surface area contributed by atoms with Gasteiger partial charge in [-0.2, -0.15) is 0 Å². The molecule has 114 valence electrons. The zero-order valence-electron chi connectivity index (χ0n) is 11.9. The minimum atomic E-state index is -0.481. The van der Waals surface area contributed by atoms with E-state index in [1.807, 2.05) is 0 Å². The van der Waals surface area contributed by atoms with Gasteiger partial charge >= 0.3 is 0 Å². The minimum absolute atomic E-state index is 0.0647. The lowest BCUT2D eigenvalue weighted by Gasteiger charge is -2.35. The number of piperazine rings is 1. The Labute approximate surface area is 123 Å². The average Bonchev–Trinajstić information content (AvgIpc) is 2.50. The van der Waals surface area contributed by atoms with E-state index in [0.717, 1.165) is 32.6 Å². The maximum absolute atomic E-state index is 14.2. The highest BCUT2D eigenvalue weighted by Crippen LogP contribution is 2.30. The molecule has 1 saturated heterocycles. The Morgan fingerprint density at radius 2 is 2.19 bits per heavy atom. The monoisotopic (exact) mass is 293 g/mol. The topological polar surface area (TPSA) is 58.4 Å². The number of rotatable bonds is 6. The van der Waals surface area contributed by atoms with Gasteiger partial charge in [-0.25, -0.2) is 4.39 Å². The summed E-state index contributed by atoms with van der Waals surface area (Å²) in [5, 5.41) is 14.2. The number of hydrogen-bond acceptors (Lipinski definition) is 4. The molecule has 1 atom stereocenters. The van der Waals surface area contributed by atoms with Gasteiger partial charge in [-0.15, -0.1) is 6.58 Å². The maximum Gasteiger partial charge on any atom is 0.269 e. The summed E-state index contributed by atoms with van der Waals surface area (Å²) in [5.41, 5.74) is 0.345. The van der Waals surface area contributed by atoms with Crippen LogP contribution < -0.4 is 5.32 Å². The molecule has 0 unspecified atom stereocenters. The Morgan fingerprint density at radius 3 is 2.81 bits per heavy atom. The van der Waals surface area contributed by atoms with Crippen LogP contribution in [0, 0.1) is 15.9 Å². The first-order chi connectivity index (χ1) is 10.1. The molecule has 6 heteroatoms. The number of nitrogens with zero attached hydrogens (tertiary/aromatic N) is 2. The van der Waals surface area contributed by atoms with E-state index >= 15 is 0 Å². The summed E-state index contributed by atoms with van der Waals surface area (Å²) in [4.78, 5) is 12.6. The van der Waals surface area contributed by atoms with Crippen molar-refractivity contribution in [3.8, 4) is 0 Å². The van der Waals surface area contributed by atoms with Crippen LogP contribution in [0.1, 0.15) is 24.4 Å². The van der Waals surface area contributed by atoms with Crippen LogP contribution in [0.5, 0.6) is 0 Å². The van der Waals surface area contributed by atoms with E-state index in [9.17, 15) is 14.5 Å². The molecular formula is C15H20FN3O2. The molecule has 1 aliphatic heterocycles. The van der Waals surface area contributed by atoms with E-state index in [0.29, 0.717) is 12.0 Å². The fourth-order valence-corrected chi connectivity index (χ4v) is 2.70. The highest BCUT2D eigenvalue weighted by molar-refractivity contribution is 5.37. The van der Waals surface area contributed by atoms with Crippen molar-refractivity contribution in [3.05, 3.63) is 52.3 Å². The summed E-state index contributed by atoms with van der Waals surface area (Å²) in [5.74, 6) is -0.381. The molecule has 0 radical (unpaired) electrons. The van der Waals surface area contributed by atoms with E-state index in [-0.39, 0.29) is 17.5 Å². The van der Waals surface area contributed by atoms with Crippen molar-refractivity contribution in [1.82, 2.24) is 10.2 Å². The third kappa shape index (κ3) is 3.86. The molecule has 0 aromatic heterocycles. The zero-order chi connectivity index (χ0) is 15.2. The maximum atomic E-state index is 14.2. The molecule has 1 heterocycles. The Bertz CT molecular complexity index is 516. The number of nitro benzene ring substituents is 1. The molecule has 1 aromatic carbocycles. The highest BCUT2D eigenvalue weighted by atomic mass is 19.1. The van der Waals surface area contributed by atoms with Crippen LogP contribution in [0.25, 0.3) is 0 Å². The summed E-state index contributed by atoms with van der Waals surface area (Å²) < 4.78 is 14.2. The van der Waals surface area contributed by atoms with Crippen LogP contribution in [-0.2, 0) is 0 Å². The number of nitro groups is 1. The highest BCUT2D eigenvalue weighted by Gasteiger charge is 2.25. The van der Waals surface area contributed by atoms with Crippen molar-refractivity contribution < 1.29 is 9.31 Å². The molecule has 1 N–H and O–H groups in total. The molecule has 0 spiro atoms. The molecule has 1 aromatic rings. The summed E-state index contributed by atoms with van der Waals surface area (Å²) in [6, 6.07) is 3.62. The van der Waals surface area contributed by atoms with E-state index in [1.54, 1.807) is 6.08 Å². The first-order valence-corrected chi connectivity index (χ1v) is 7.13. The third-order valence-corrected chi connectivity index (χ3v) is 3.79. The number of benzene rings is 1. The van der Waals surface area contributed by atoms with Crippen molar-refractivity contribution >= 4 is 5.69 Å². The predicted octanol–water partition coefficient (Wildman–Crippen LogP) is 2.65. The Kier molecular flexibility index (Phi) is 5.41. The summed E-state index contributed by atoms with van der Waals surface area (Å²) in [7, 11) is 0. The molecule has 0 bridgehead atoms. The molecule has 1 aliphatic rings. The predicted molar refractivity (Wildman–Crippen MR) is 79.7 cm³/mol. The van der Waals surface area contributed by atoms with Gasteiger partial charge < -0.3 is 5.32 Å². The second-order valence-electron chi connectivity index (χ2n) is 5.13. The summed E-state index contributed by atoms with van der Waals surface area (Å²) in [6.45, 7) is 7.02. The lowest BCUT2D eigenvalue weighted by Crippen LogP contribution is -2.45. The Hall–Kier alpha value is -1.79. The molecule has 5 nitrogen and oxygen atoms in total. The minimum Gasteiger partial charge on any atom is -0.314 e. The number of nitrogens with one attached hydrogen (secondary N) is 1. The number of halogens is 1. The van der Waals surface area contributed by atoms with Gasteiger partial charge in [0, 0.05) is 49.9 Å². The van der Waals surface area contributed by atoms with Crippen molar-refractivity contribution in [1.29, 1.82) is 0 Å². The van der Waals surface area contributed by atoms with Crippen LogP contribution in [0.3, 0.4) is 0 Å². The van der Waals surface area contributed by atoms with Gasteiger partial charge in [-0.3, -0.25) is 15.0 Å². The largest absolute Gasteiger partial charge is 0.314 e. The second kappa shape index (κ2) is 7.28. The van der Waals surface area contributed by atoms with Gasteiger partial charge in [0.05, 0.1) is 4.92 Å². The Balaban J connectivity index is 2.32. The van der Waals surface area contributed by atoms with Crippen molar-refractivity contribution in [3.63, 3.8) is 0 Å². The van der Waals surface area contributed by atoms with Crippen LogP contribution in [0.2, 0.25) is 0 Å². The van der Waals surface area contributed by atoms with Gasteiger partial charge in [0.2, 0.25) is 0 Å². The number of hydrogen-bond donors (Lipinski definition) is 1. The standard InChI is InChI=1S/C15H20FN3O2/c1-2-3-4-15(18-9-7-17-8-10-18)13-11-12(19(20)21)5-6-14(13)16/h2,5-6,11,15,17H,1,3-4,7-10H2/t15-/m0/s1.